The molecule has 0 amide bonds. The van der Waals surface area contributed by atoms with Crippen LogP contribution in [0.2, 0.25) is 0 Å². The monoisotopic (exact) mass is 237 g/mol. The molecule has 0 atom stereocenters. The van der Waals surface area contributed by atoms with Gasteiger partial charge in [0.25, 0.3) is 0 Å². The molecule has 89 valence electrons. The van der Waals surface area contributed by atoms with E-state index in [4.69, 9.17) is 10.2 Å². The molecule has 0 unspecified atom stereocenters. The molecule has 16 heavy (non-hydrogen) atoms. The average molecular weight is 237 g/mol. The van der Waals surface area contributed by atoms with Crippen LogP contribution in [0.25, 0.3) is 0 Å². The fourth-order valence-electron chi connectivity index (χ4n) is 1.58. The van der Waals surface area contributed by atoms with E-state index < -0.39 is 0 Å². The van der Waals surface area contributed by atoms with E-state index >= 15 is 0 Å². The van der Waals surface area contributed by atoms with Gasteiger partial charge in [0, 0.05) is 28.4 Å². The first-order chi connectivity index (χ1) is 6.58. The maximum atomic E-state index is 10.1. The van der Waals surface area contributed by atoms with E-state index in [9.17, 15) is 4.79 Å². The Morgan fingerprint density at radius 3 is 1.50 bits per heavy atom. The van der Waals surface area contributed by atoms with Gasteiger partial charge in [0.05, 0.1) is 6.10 Å². The summed E-state index contributed by atoms with van der Waals surface area (Å²) in [5, 5.41) is 15.6. The van der Waals surface area contributed by atoms with Gasteiger partial charge in [-0.1, -0.05) is 13.8 Å². The van der Waals surface area contributed by atoms with Gasteiger partial charge in [-0.25, -0.2) is 0 Å². The predicted octanol–water partition coefficient (Wildman–Crippen LogP) is -1.89. The molecular weight excluding hydrogens is 214 g/mol. The van der Waals surface area contributed by atoms with Crippen LogP contribution in [0.1, 0.15) is 41.0 Å². The molecule has 0 aromatic carbocycles. The van der Waals surface area contributed by atoms with Gasteiger partial charge in [-0.3, -0.25) is 4.79 Å². The van der Waals surface area contributed by atoms with Crippen molar-refractivity contribution in [2.45, 2.75) is 45.6 Å². The maximum absolute atomic E-state index is 10.1. The number of hydrogen-bond acceptors (Lipinski definition) is 3. The quantitative estimate of drug-likeness (QED) is 0.484. The smallest absolute Gasteiger partial charge is 1.00 e. The summed E-state index contributed by atoms with van der Waals surface area (Å²) >= 11 is 0. The zero-order valence-electron chi connectivity index (χ0n) is 11.9. The van der Waals surface area contributed by atoms with Crippen LogP contribution in [0.15, 0.2) is 0 Å². The zero-order valence-corrected chi connectivity index (χ0v) is 12.9. The van der Waals surface area contributed by atoms with Crippen molar-refractivity contribution in [3.63, 3.8) is 0 Å². The fourth-order valence-corrected chi connectivity index (χ4v) is 1.58. The second-order valence-corrected chi connectivity index (χ2v) is 4.28. The van der Waals surface area contributed by atoms with Crippen LogP contribution in [0.5, 0.6) is 0 Å². The van der Waals surface area contributed by atoms with Gasteiger partial charge in [0.15, 0.2) is 0 Å². The number of Topliss-reactive ketones (excluding diaryl/α,β-unsaturated/α-hetero) is 1. The van der Waals surface area contributed by atoms with Crippen LogP contribution in [0.3, 0.4) is 0 Å². The summed E-state index contributed by atoms with van der Waals surface area (Å²) < 4.78 is 0. The topological polar surface area (TPSA) is 57.5 Å². The number of aliphatic hydroxyl groups is 2. The van der Waals surface area contributed by atoms with E-state index in [1.165, 1.54) is 0 Å². The second kappa shape index (κ2) is 12.1. The van der Waals surface area contributed by atoms with Crippen LogP contribution in [-0.2, 0) is 4.79 Å². The van der Waals surface area contributed by atoms with E-state index in [1.54, 1.807) is 0 Å². The van der Waals surface area contributed by atoms with Crippen molar-refractivity contribution in [1.29, 1.82) is 0 Å². The van der Waals surface area contributed by atoms with Gasteiger partial charge in [0.2, 0.25) is 0 Å². The number of rotatable bonds is 0. The van der Waals surface area contributed by atoms with E-state index in [-0.39, 0.29) is 45.5 Å². The number of ketones is 1. The Bertz CT molecular complexity index is 164. The van der Waals surface area contributed by atoms with Gasteiger partial charge >= 0.3 is 29.6 Å². The van der Waals surface area contributed by atoms with E-state index in [0.717, 1.165) is 38.7 Å². The van der Waals surface area contributed by atoms with Gasteiger partial charge in [-0.15, -0.1) is 0 Å². The molecule has 2 rings (SSSR count). The molecule has 2 aliphatic carbocycles. The Balaban J connectivity index is -0.0000000752. The minimum absolute atomic E-state index is 0. The van der Waals surface area contributed by atoms with Gasteiger partial charge < -0.3 is 11.6 Å². The summed E-state index contributed by atoms with van der Waals surface area (Å²) in [7, 11) is 1.00. The van der Waals surface area contributed by atoms with Crippen LogP contribution in [-0.4, -0.2) is 37.6 Å². The Morgan fingerprint density at radius 2 is 1.50 bits per heavy atom. The number of aliphatic hydroxyl groups excluding tert-OH is 2. The van der Waals surface area contributed by atoms with Crippen molar-refractivity contribution in [1.82, 2.24) is 0 Å². The molecule has 0 heterocycles. The van der Waals surface area contributed by atoms with Gasteiger partial charge in [-0.2, -0.15) is 0 Å². The van der Waals surface area contributed by atoms with Crippen molar-refractivity contribution in [2.75, 3.05) is 7.11 Å². The second-order valence-electron chi connectivity index (χ2n) is 4.28. The first-order valence-electron chi connectivity index (χ1n) is 5.22. The Kier molecular flexibility index (Phi) is 16.6. The molecular formula is C11H23BNaO3. The summed E-state index contributed by atoms with van der Waals surface area (Å²) in [6.45, 7) is 4.26. The molecule has 0 aromatic rings. The molecule has 2 saturated carbocycles. The van der Waals surface area contributed by atoms with Crippen LogP contribution >= 0.6 is 0 Å². The molecule has 0 spiro atoms. The summed E-state index contributed by atoms with van der Waals surface area (Å²) in [4.78, 5) is 10.1. The van der Waals surface area contributed by atoms with Crippen LogP contribution in [0, 0.1) is 11.8 Å². The third-order valence-electron chi connectivity index (χ3n) is 2.50. The number of carbonyl (C=O) groups is 1. The largest absolute Gasteiger partial charge is 1.00 e. The van der Waals surface area contributed by atoms with E-state index in [0.29, 0.717) is 11.7 Å². The van der Waals surface area contributed by atoms with Crippen molar-refractivity contribution in [3.8, 4) is 0 Å². The molecule has 3 radical (unpaired) electrons. The Morgan fingerprint density at radius 1 is 1.12 bits per heavy atom. The molecule has 0 bridgehead atoms. The van der Waals surface area contributed by atoms with Crippen molar-refractivity contribution in [2.24, 2.45) is 11.8 Å². The van der Waals surface area contributed by atoms with E-state index in [1.807, 2.05) is 0 Å². The van der Waals surface area contributed by atoms with Gasteiger partial charge in [-0.05, 0) is 24.7 Å². The fraction of sp³-hybridized carbons (Fsp3) is 0.909. The van der Waals surface area contributed by atoms with Gasteiger partial charge in [0.1, 0.15) is 5.78 Å². The molecule has 2 N–H and O–H groups in total. The Hall–Kier alpha value is 0.655. The SMILES string of the molecule is CC1CC(=O)C1.CC1CC(O)C1.CO.[B].[H-].[Na+]. The van der Waals surface area contributed by atoms with Crippen molar-refractivity contribution >= 4 is 14.2 Å². The minimum atomic E-state index is 0. The maximum Gasteiger partial charge on any atom is 1.00 e. The molecule has 2 fully saturated rings. The summed E-state index contributed by atoms with van der Waals surface area (Å²) in [5.41, 5.74) is 0. The molecule has 0 saturated heterocycles. The van der Waals surface area contributed by atoms with Crippen molar-refractivity contribution < 1.29 is 46.0 Å². The first-order valence-corrected chi connectivity index (χ1v) is 5.22. The van der Waals surface area contributed by atoms with Crippen molar-refractivity contribution in [3.05, 3.63) is 0 Å². The third kappa shape index (κ3) is 9.85. The predicted molar refractivity (Wildman–Crippen MR) is 62.8 cm³/mol. The molecule has 5 heteroatoms. The Labute approximate surface area is 124 Å². The number of carbonyl (C=O) groups excluding carboxylic acids is 1. The summed E-state index contributed by atoms with van der Waals surface area (Å²) in [6, 6.07) is 0. The third-order valence-corrected chi connectivity index (χ3v) is 2.50. The molecule has 0 aliphatic heterocycles. The molecule has 2 aliphatic rings. The number of hydrogen-bond donors (Lipinski definition) is 2. The average Bonchev–Trinajstić information content (AvgIpc) is 2.05. The molecule has 0 aromatic heterocycles. The standard InChI is InChI=1S/C5H10O.C5H8O.CH4O.B.Na.H/c2*1-4-2-5(6)3-4;1-2;;;/h4-6H,2-3H2,1H3;4H,2-3H2,1H3;2H,1H3;;;/q;;;;+1;-1. The normalized spacial score (nSPS) is 26.2. The van der Waals surface area contributed by atoms with Crippen LogP contribution < -0.4 is 29.6 Å². The van der Waals surface area contributed by atoms with E-state index in [2.05, 4.69) is 13.8 Å². The van der Waals surface area contributed by atoms with Crippen LogP contribution in [0.4, 0.5) is 0 Å². The molecule has 3 nitrogen and oxygen atoms in total. The summed E-state index contributed by atoms with van der Waals surface area (Å²) in [6.07, 6.45) is 3.76. The zero-order chi connectivity index (χ0) is 11.1. The first kappa shape index (κ1) is 21.9. The summed E-state index contributed by atoms with van der Waals surface area (Å²) in [5.74, 6) is 1.92. The minimum Gasteiger partial charge on any atom is -1.00 e.